The van der Waals surface area contributed by atoms with Crippen molar-refractivity contribution in [3.05, 3.63) is 29.8 Å². The maximum absolute atomic E-state index is 12.9. The fourth-order valence-corrected chi connectivity index (χ4v) is 3.70. The molecule has 2 N–H and O–H groups in total. The molecule has 12 heteroatoms. The number of carboxylic acid groups (broad SMARTS) is 1. The topological polar surface area (TPSA) is 109 Å². The van der Waals surface area contributed by atoms with Crippen molar-refractivity contribution in [1.82, 2.24) is 15.2 Å². The van der Waals surface area contributed by atoms with Crippen LogP contribution in [0.4, 0.5) is 17.6 Å². The lowest BCUT2D eigenvalue weighted by atomic mass is 10.0. The van der Waals surface area contributed by atoms with Crippen molar-refractivity contribution in [2.75, 3.05) is 13.1 Å². The predicted octanol–water partition coefficient (Wildman–Crippen LogP) is 1.68. The Kier molecular flexibility index (Phi) is 7.32. The van der Waals surface area contributed by atoms with Crippen LogP contribution in [0.5, 0.6) is 0 Å². The summed E-state index contributed by atoms with van der Waals surface area (Å²) < 4.78 is 50.6. The number of nitrogens with one attached hydrogen (secondary N) is 1. The largest absolute Gasteiger partial charge is 0.490 e. The number of pyridine rings is 1. The first-order chi connectivity index (χ1) is 15.0. The van der Waals surface area contributed by atoms with E-state index in [1.165, 1.54) is 12.1 Å². The quantitative estimate of drug-likeness (QED) is 0.646. The van der Waals surface area contributed by atoms with Crippen LogP contribution in [-0.4, -0.2) is 70.3 Å². The standard InChI is InChI=1S/C18H22FN3O3.C2HF3O2/c19-12-1-2-14(20-8-12)6-18(24)22-9-11-5-15(25-16(11)10-22)7-17(23)21-13-3-4-13;3-2(4,5)1(6)7/h1-2,8,11,13,15-16H,3-7,9-10H2,(H,21,23);(H,6,7)/t11-,15-,16+;/m0./s1. The number of nitrogens with zero attached hydrogens (tertiary/aromatic N) is 2. The molecule has 8 nitrogen and oxygen atoms in total. The van der Waals surface area contributed by atoms with E-state index in [9.17, 15) is 27.2 Å². The normalized spacial score (nSPS) is 24.4. The number of rotatable bonds is 5. The van der Waals surface area contributed by atoms with Crippen LogP contribution >= 0.6 is 0 Å². The van der Waals surface area contributed by atoms with Gasteiger partial charge in [0.25, 0.3) is 0 Å². The Morgan fingerprint density at radius 3 is 2.44 bits per heavy atom. The van der Waals surface area contributed by atoms with Crippen LogP contribution in [-0.2, 0) is 25.5 Å². The molecule has 0 aromatic carbocycles. The summed E-state index contributed by atoms with van der Waals surface area (Å²) in [5.74, 6) is -2.81. The first-order valence-corrected chi connectivity index (χ1v) is 10.1. The van der Waals surface area contributed by atoms with Gasteiger partial charge in [0.05, 0.1) is 31.2 Å². The number of carboxylic acids is 1. The van der Waals surface area contributed by atoms with E-state index >= 15 is 0 Å². The first kappa shape index (κ1) is 23.9. The average Bonchev–Trinajstić information content (AvgIpc) is 3.29. The van der Waals surface area contributed by atoms with E-state index in [4.69, 9.17) is 14.6 Å². The number of halogens is 4. The van der Waals surface area contributed by atoms with Gasteiger partial charge < -0.3 is 20.1 Å². The van der Waals surface area contributed by atoms with Gasteiger partial charge >= 0.3 is 12.1 Å². The molecule has 0 radical (unpaired) electrons. The zero-order valence-electron chi connectivity index (χ0n) is 17.0. The van der Waals surface area contributed by atoms with E-state index in [0.29, 0.717) is 37.2 Å². The third-order valence-corrected chi connectivity index (χ3v) is 5.39. The van der Waals surface area contributed by atoms with Gasteiger partial charge in [-0.15, -0.1) is 0 Å². The number of amides is 2. The second kappa shape index (κ2) is 9.80. The second-order valence-corrected chi connectivity index (χ2v) is 8.08. The Morgan fingerprint density at radius 2 is 1.91 bits per heavy atom. The maximum Gasteiger partial charge on any atom is 0.490 e. The minimum absolute atomic E-state index is 0.0138. The van der Waals surface area contributed by atoms with Crippen molar-refractivity contribution < 1.29 is 41.8 Å². The van der Waals surface area contributed by atoms with Crippen LogP contribution in [0.3, 0.4) is 0 Å². The SMILES string of the molecule is O=C(C[C@@H]1C[C@H]2CN(C(=O)Cc3ccc(F)cn3)C[C@H]2O1)NC1CC1.O=C(O)C(F)(F)F. The molecule has 1 aliphatic carbocycles. The third kappa shape index (κ3) is 6.87. The van der Waals surface area contributed by atoms with Gasteiger partial charge in [-0.2, -0.15) is 13.2 Å². The van der Waals surface area contributed by atoms with Gasteiger partial charge in [-0.05, 0) is 31.4 Å². The van der Waals surface area contributed by atoms with Crippen LogP contribution in [0, 0.1) is 11.7 Å². The number of aromatic nitrogens is 1. The van der Waals surface area contributed by atoms with Crippen LogP contribution in [0.2, 0.25) is 0 Å². The van der Waals surface area contributed by atoms with Gasteiger partial charge in [0.2, 0.25) is 11.8 Å². The maximum atomic E-state index is 12.9. The van der Waals surface area contributed by atoms with Crippen LogP contribution in [0.15, 0.2) is 18.3 Å². The van der Waals surface area contributed by atoms with Gasteiger partial charge in [-0.1, -0.05) is 0 Å². The molecule has 0 bridgehead atoms. The fourth-order valence-electron chi connectivity index (χ4n) is 3.70. The summed E-state index contributed by atoms with van der Waals surface area (Å²) >= 11 is 0. The molecule has 4 rings (SSSR count). The fraction of sp³-hybridized carbons (Fsp3) is 0.600. The molecule has 1 aromatic heterocycles. The van der Waals surface area contributed by atoms with Crippen molar-refractivity contribution in [3.8, 4) is 0 Å². The van der Waals surface area contributed by atoms with E-state index in [1.54, 1.807) is 4.90 Å². The molecule has 32 heavy (non-hydrogen) atoms. The van der Waals surface area contributed by atoms with Crippen LogP contribution in [0.1, 0.15) is 31.4 Å². The molecule has 176 valence electrons. The highest BCUT2D eigenvalue weighted by Gasteiger charge is 2.44. The Morgan fingerprint density at radius 1 is 1.22 bits per heavy atom. The van der Waals surface area contributed by atoms with Gasteiger partial charge in [0, 0.05) is 30.7 Å². The minimum Gasteiger partial charge on any atom is -0.475 e. The zero-order chi connectivity index (χ0) is 23.5. The number of carbonyl (C=O) groups is 3. The minimum atomic E-state index is -5.08. The summed E-state index contributed by atoms with van der Waals surface area (Å²) in [7, 11) is 0. The molecular weight excluding hydrogens is 438 g/mol. The van der Waals surface area contributed by atoms with Crippen molar-refractivity contribution in [2.24, 2.45) is 5.92 Å². The molecule has 2 saturated heterocycles. The molecule has 3 fully saturated rings. The van der Waals surface area contributed by atoms with Crippen molar-refractivity contribution in [3.63, 3.8) is 0 Å². The van der Waals surface area contributed by atoms with Crippen LogP contribution < -0.4 is 5.32 Å². The van der Waals surface area contributed by atoms with E-state index in [2.05, 4.69) is 10.3 Å². The Hall–Kier alpha value is -2.76. The third-order valence-electron chi connectivity index (χ3n) is 5.39. The van der Waals surface area contributed by atoms with E-state index < -0.39 is 18.0 Å². The molecule has 3 aliphatic rings. The van der Waals surface area contributed by atoms with Gasteiger partial charge in [-0.3, -0.25) is 14.6 Å². The summed E-state index contributed by atoms with van der Waals surface area (Å²) in [6.07, 6.45) is -0.397. The molecule has 0 spiro atoms. The molecule has 0 unspecified atom stereocenters. The lowest BCUT2D eigenvalue weighted by Gasteiger charge is -2.19. The van der Waals surface area contributed by atoms with E-state index in [0.717, 1.165) is 25.5 Å². The average molecular weight is 461 g/mol. The highest BCUT2D eigenvalue weighted by Crippen LogP contribution is 2.34. The highest BCUT2D eigenvalue weighted by molar-refractivity contribution is 5.79. The Balaban J connectivity index is 0.000000360. The smallest absolute Gasteiger partial charge is 0.475 e. The predicted molar refractivity (Wildman–Crippen MR) is 101 cm³/mol. The molecule has 2 aliphatic heterocycles. The van der Waals surface area contributed by atoms with Crippen molar-refractivity contribution >= 4 is 17.8 Å². The number of likely N-dealkylation sites (tertiary alicyclic amines) is 1. The Labute approximate surface area is 180 Å². The number of carbonyl (C=O) groups excluding carboxylic acids is 2. The number of hydrogen-bond donors (Lipinski definition) is 2. The second-order valence-electron chi connectivity index (χ2n) is 8.08. The Bertz CT molecular complexity index is 831. The van der Waals surface area contributed by atoms with Gasteiger partial charge in [-0.25, -0.2) is 9.18 Å². The molecule has 1 saturated carbocycles. The van der Waals surface area contributed by atoms with Gasteiger partial charge in [0.15, 0.2) is 0 Å². The van der Waals surface area contributed by atoms with Crippen molar-refractivity contribution in [2.45, 2.75) is 56.5 Å². The molecule has 1 aromatic rings. The number of hydrogen-bond acceptors (Lipinski definition) is 5. The van der Waals surface area contributed by atoms with Gasteiger partial charge in [0.1, 0.15) is 5.82 Å². The molecular formula is C20H23F4N3O5. The molecule has 3 atom stereocenters. The number of ether oxygens (including phenoxy) is 1. The van der Waals surface area contributed by atoms with Crippen molar-refractivity contribution in [1.29, 1.82) is 0 Å². The lowest BCUT2D eigenvalue weighted by Crippen LogP contribution is -2.34. The van der Waals surface area contributed by atoms with E-state index in [-0.39, 0.29) is 30.4 Å². The zero-order valence-corrected chi connectivity index (χ0v) is 17.0. The number of alkyl halides is 3. The number of aliphatic carboxylic acids is 1. The summed E-state index contributed by atoms with van der Waals surface area (Å²) in [5.41, 5.74) is 0.569. The summed E-state index contributed by atoms with van der Waals surface area (Å²) in [6, 6.07) is 3.23. The van der Waals surface area contributed by atoms with E-state index in [1.807, 2.05) is 0 Å². The summed E-state index contributed by atoms with van der Waals surface area (Å²) in [4.78, 5) is 38.9. The molecule has 2 amide bonds. The highest BCUT2D eigenvalue weighted by atomic mass is 19.4. The summed E-state index contributed by atoms with van der Waals surface area (Å²) in [5, 5.41) is 10.1. The van der Waals surface area contributed by atoms with Crippen LogP contribution in [0.25, 0.3) is 0 Å². The lowest BCUT2D eigenvalue weighted by molar-refractivity contribution is -0.192. The summed E-state index contributed by atoms with van der Waals surface area (Å²) in [6.45, 7) is 1.22. The number of fused-ring (bicyclic) bond motifs is 1. The molecule has 3 heterocycles. The first-order valence-electron chi connectivity index (χ1n) is 10.1. The monoisotopic (exact) mass is 461 g/mol.